The second-order valence-electron chi connectivity index (χ2n) is 0.997. The standard InChI is InChI=1S/C3H2ClN2P/c4-7-3-5-1-2-6-3/h1-2H/p+1. The minimum absolute atomic E-state index is 0.671. The highest BCUT2D eigenvalue weighted by molar-refractivity contribution is 7.68. The summed E-state index contributed by atoms with van der Waals surface area (Å²) in [6.45, 7) is 0. The molecule has 1 aliphatic rings. The van der Waals surface area contributed by atoms with E-state index in [1.165, 1.54) is 0 Å². The predicted octanol–water partition coefficient (Wildman–Crippen LogP) is -0.590. The van der Waals surface area contributed by atoms with Gasteiger partial charge < -0.3 is 0 Å². The summed E-state index contributed by atoms with van der Waals surface area (Å²) < 4.78 is 0. The van der Waals surface area contributed by atoms with Gasteiger partial charge in [0.25, 0.3) is 0 Å². The predicted molar refractivity (Wildman–Crippen MR) is 33.3 cm³/mol. The maximum Gasteiger partial charge on any atom is 0.357 e. The Kier molecular flexibility index (Phi) is 1.55. The lowest BCUT2D eigenvalue weighted by Crippen LogP contribution is -2.69. The second-order valence-corrected chi connectivity index (χ2v) is 2.10. The summed E-state index contributed by atoms with van der Waals surface area (Å²) in [7, 11) is 0.671. The van der Waals surface area contributed by atoms with Crippen molar-refractivity contribution in [1.29, 1.82) is 0 Å². The molecule has 1 rings (SSSR count). The number of nitrogens with zero attached hydrogens (tertiary/aromatic N) is 1. The SMILES string of the molecule is ClP=C1N=CC=[NH+]1. The van der Waals surface area contributed by atoms with Crippen molar-refractivity contribution in [2.24, 2.45) is 4.99 Å². The molecule has 0 amide bonds. The first kappa shape index (κ1) is 4.95. The van der Waals surface area contributed by atoms with Gasteiger partial charge >= 0.3 is 5.54 Å². The first-order valence-electron chi connectivity index (χ1n) is 1.75. The summed E-state index contributed by atoms with van der Waals surface area (Å²) in [4.78, 5) is 6.67. The van der Waals surface area contributed by atoms with Crippen LogP contribution < -0.4 is 4.99 Å². The Morgan fingerprint density at radius 2 is 2.71 bits per heavy atom. The van der Waals surface area contributed by atoms with Crippen LogP contribution in [-0.4, -0.2) is 18.0 Å². The van der Waals surface area contributed by atoms with Crippen molar-refractivity contribution in [3.05, 3.63) is 0 Å². The van der Waals surface area contributed by atoms with Crippen LogP contribution in [0.3, 0.4) is 0 Å². The molecule has 7 heavy (non-hydrogen) atoms. The Labute approximate surface area is 47.5 Å². The molecule has 0 saturated heterocycles. The van der Waals surface area contributed by atoms with E-state index >= 15 is 0 Å². The number of hydrogen-bond donors (Lipinski definition) is 1. The Bertz CT molecular complexity index is 135. The van der Waals surface area contributed by atoms with E-state index in [-0.39, 0.29) is 0 Å². The van der Waals surface area contributed by atoms with E-state index in [0.717, 1.165) is 5.54 Å². The van der Waals surface area contributed by atoms with E-state index in [2.05, 4.69) is 9.98 Å². The summed E-state index contributed by atoms with van der Waals surface area (Å²) in [5.41, 5.74) is 0.793. The molecule has 0 unspecified atom stereocenters. The van der Waals surface area contributed by atoms with Crippen LogP contribution in [0.15, 0.2) is 4.99 Å². The highest BCUT2D eigenvalue weighted by Gasteiger charge is 2.01. The molecule has 0 saturated carbocycles. The van der Waals surface area contributed by atoms with Crippen LogP contribution in [0.1, 0.15) is 0 Å². The summed E-state index contributed by atoms with van der Waals surface area (Å²) in [5, 5.41) is 0. The van der Waals surface area contributed by atoms with Crippen LogP contribution >= 0.6 is 18.8 Å². The van der Waals surface area contributed by atoms with Gasteiger partial charge in [0.2, 0.25) is 0 Å². The van der Waals surface area contributed by atoms with Crippen LogP contribution in [0, 0.1) is 0 Å². The van der Waals surface area contributed by atoms with Gasteiger partial charge in [-0.15, -0.1) is 0 Å². The molecule has 0 aromatic heterocycles. The quantitative estimate of drug-likeness (QED) is 0.428. The van der Waals surface area contributed by atoms with Gasteiger partial charge in [-0.05, 0) is 16.2 Å². The summed E-state index contributed by atoms with van der Waals surface area (Å²) in [6, 6.07) is 0. The third-order valence-electron chi connectivity index (χ3n) is 0.564. The van der Waals surface area contributed by atoms with Crippen molar-refractivity contribution < 1.29 is 4.99 Å². The maximum atomic E-state index is 5.35. The van der Waals surface area contributed by atoms with Crippen molar-refractivity contribution >= 4 is 36.8 Å². The molecule has 1 N–H and O–H groups in total. The zero-order valence-electron chi connectivity index (χ0n) is 3.43. The molecule has 0 fully saturated rings. The molecule has 0 bridgehead atoms. The molecule has 2 nitrogen and oxygen atoms in total. The van der Waals surface area contributed by atoms with Gasteiger partial charge in [-0.2, -0.15) is 0 Å². The lowest BCUT2D eigenvalue weighted by Gasteiger charge is -1.63. The largest absolute Gasteiger partial charge is 0.357 e. The van der Waals surface area contributed by atoms with Gasteiger partial charge in [-0.1, -0.05) is 0 Å². The van der Waals surface area contributed by atoms with Crippen molar-refractivity contribution in [3.63, 3.8) is 0 Å². The highest BCUT2D eigenvalue weighted by Crippen LogP contribution is 2.00. The van der Waals surface area contributed by atoms with Gasteiger partial charge in [-0.3, -0.25) is 0 Å². The Balaban J connectivity index is 2.79. The maximum absolute atomic E-state index is 5.35. The van der Waals surface area contributed by atoms with Gasteiger partial charge in [0.15, 0.2) is 6.21 Å². The number of nitrogens with one attached hydrogen (secondary N) is 1. The molecule has 0 aliphatic carbocycles. The van der Waals surface area contributed by atoms with Gasteiger partial charge in [0, 0.05) is 0 Å². The number of halogens is 1. The zero-order chi connectivity index (χ0) is 5.11. The Hall–Kier alpha value is -0.200. The van der Waals surface area contributed by atoms with E-state index in [1.54, 1.807) is 12.4 Å². The normalized spacial score (nSPS) is 22.1. The van der Waals surface area contributed by atoms with Crippen LogP contribution in [0.25, 0.3) is 0 Å². The molecule has 0 spiro atoms. The minimum Gasteiger partial charge on any atom is -0.236 e. The van der Waals surface area contributed by atoms with E-state index < -0.39 is 0 Å². The fourth-order valence-electron chi connectivity index (χ4n) is 0.303. The van der Waals surface area contributed by atoms with Gasteiger partial charge in [0.05, 0.1) is 0 Å². The van der Waals surface area contributed by atoms with E-state index in [4.69, 9.17) is 11.2 Å². The molecule has 0 aromatic carbocycles. The lowest BCUT2D eigenvalue weighted by atomic mass is 10.9. The molecule has 1 heterocycles. The Morgan fingerprint density at radius 3 is 3.00 bits per heavy atom. The number of hydrogen-bond acceptors (Lipinski definition) is 0. The first-order chi connectivity index (χ1) is 3.43. The van der Waals surface area contributed by atoms with Crippen molar-refractivity contribution in [2.75, 3.05) is 0 Å². The number of rotatable bonds is 0. The number of aliphatic imine (C=N–C) groups is 1. The van der Waals surface area contributed by atoms with Gasteiger partial charge in [0.1, 0.15) is 13.8 Å². The fraction of sp³-hybridized carbons (Fsp3) is 0. The molecule has 0 radical (unpaired) electrons. The topological polar surface area (TPSA) is 26.3 Å². The molecule has 36 valence electrons. The Morgan fingerprint density at radius 1 is 1.86 bits per heavy atom. The summed E-state index contributed by atoms with van der Waals surface area (Å²) in [5.74, 6) is 0. The lowest BCUT2D eigenvalue weighted by molar-refractivity contribution is -0.301. The van der Waals surface area contributed by atoms with Crippen LogP contribution in [0.2, 0.25) is 0 Å². The monoisotopic (exact) mass is 133 g/mol. The van der Waals surface area contributed by atoms with Crippen LogP contribution in [0.4, 0.5) is 0 Å². The molecule has 0 atom stereocenters. The highest BCUT2D eigenvalue weighted by atomic mass is 35.7. The van der Waals surface area contributed by atoms with Crippen LogP contribution in [-0.2, 0) is 0 Å². The molecule has 4 heteroatoms. The average molecular weight is 133 g/mol. The van der Waals surface area contributed by atoms with E-state index in [9.17, 15) is 0 Å². The third-order valence-corrected chi connectivity index (χ3v) is 1.45. The second kappa shape index (κ2) is 2.20. The molecule has 1 aliphatic heterocycles. The van der Waals surface area contributed by atoms with Crippen LogP contribution in [0.5, 0.6) is 0 Å². The molecular weight excluding hydrogens is 130 g/mol. The first-order valence-corrected chi connectivity index (χ1v) is 3.55. The van der Waals surface area contributed by atoms with Crippen molar-refractivity contribution in [2.45, 2.75) is 0 Å². The van der Waals surface area contributed by atoms with E-state index in [0.29, 0.717) is 7.56 Å². The van der Waals surface area contributed by atoms with E-state index in [1.807, 2.05) is 0 Å². The summed E-state index contributed by atoms with van der Waals surface area (Å²) >= 11 is 5.35. The zero-order valence-corrected chi connectivity index (χ0v) is 5.08. The third kappa shape index (κ3) is 1.08. The van der Waals surface area contributed by atoms with Crippen molar-refractivity contribution in [1.82, 2.24) is 0 Å². The van der Waals surface area contributed by atoms with Gasteiger partial charge in [-0.25, -0.2) is 4.99 Å². The van der Waals surface area contributed by atoms with Crippen molar-refractivity contribution in [3.8, 4) is 0 Å². The average Bonchev–Trinajstić information content (AvgIpc) is 2.14. The molecule has 0 aromatic rings. The molecular formula is C3H3ClN2P+. The summed E-state index contributed by atoms with van der Waals surface area (Å²) in [6.07, 6.45) is 3.41. The fourth-order valence-corrected chi connectivity index (χ4v) is 0.814. The minimum atomic E-state index is 0.671. The smallest absolute Gasteiger partial charge is 0.236 e.